The fraction of sp³-hybridized carbons (Fsp3) is 0.556. The molecule has 1 unspecified atom stereocenters. The summed E-state index contributed by atoms with van der Waals surface area (Å²) >= 11 is 5.67. The van der Waals surface area contributed by atoms with Crippen LogP contribution in [0.4, 0.5) is 5.95 Å². The summed E-state index contributed by atoms with van der Waals surface area (Å²) < 4.78 is 10.0. The van der Waals surface area contributed by atoms with E-state index < -0.39 is 0 Å². The lowest BCUT2D eigenvalue weighted by molar-refractivity contribution is 0.372. The van der Waals surface area contributed by atoms with Crippen molar-refractivity contribution in [1.29, 1.82) is 0 Å². The Balaban J connectivity index is 2.86. The Labute approximate surface area is 93.8 Å². The number of aromatic nitrogens is 2. The van der Waals surface area contributed by atoms with Crippen molar-refractivity contribution >= 4 is 17.5 Å². The lowest BCUT2D eigenvalue weighted by Gasteiger charge is -2.11. The van der Waals surface area contributed by atoms with Gasteiger partial charge in [0.1, 0.15) is 0 Å². The van der Waals surface area contributed by atoms with Gasteiger partial charge in [-0.25, -0.2) is 0 Å². The van der Waals surface area contributed by atoms with Gasteiger partial charge in [-0.3, -0.25) is 0 Å². The Kier molecular flexibility index (Phi) is 4.42. The molecule has 6 heteroatoms. The van der Waals surface area contributed by atoms with Crippen LogP contribution < -0.4 is 14.8 Å². The number of methoxy groups -OCH3 is 2. The van der Waals surface area contributed by atoms with E-state index in [1.807, 2.05) is 6.92 Å². The van der Waals surface area contributed by atoms with Gasteiger partial charge in [-0.2, -0.15) is 9.97 Å². The molecule has 0 spiro atoms. The second kappa shape index (κ2) is 5.60. The maximum atomic E-state index is 5.67. The zero-order valence-electron chi connectivity index (χ0n) is 8.95. The molecule has 15 heavy (non-hydrogen) atoms. The third-order valence-corrected chi connectivity index (χ3v) is 2.17. The summed E-state index contributed by atoms with van der Waals surface area (Å²) in [5, 5.41) is 3.03. The van der Waals surface area contributed by atoms with Gasteiger partial charge in [0.05, 0.1) is 20.3 Å². The predicted molar refractivity (Wildman–Crippen MR) is 58.9 cm³/mol. The third kappa shape index (κ3) is 3.43. The van der Waals surface area contributed by atoms with E-state index in [2.05, 4.69) is 15.3 Å². The SMILES string of the molecule is COc1cc(OC)nc(NC(C)CCl)n1. The number of hydrogen-bond acceptors (Lipinski definition) is 5. The predicted octanol–water partition coefficient (Wildman–Crippen LogP) is 1.53. The molecule has 1 rings (SSSR count). The Morgan fingerprint density at radius 3 is 2.27 bits per heavy atom. The zero-order chi connectivity index (χ0) is 11.3. The Morgan fingerprint density at radius 2 is 1.87 bits per heavy atom. The van der Waals surface area contributed by atoms with Crippen LogP contribution in [0.15, 0.2) is 6.07 Å². The van der Waals surface area contributed by atoms with E-state index in [1.54, 1.807) is 6.07 Å². The molecule has 5 nitrogen and oxygen atoms in total. The minimum absolute atomic E-state index is 0.0866. The normalized spacial score (nSPS) is 12.0. The van der Waals surface area contributed by atoms with Crippen LogP contribution >= 0.6 is 11.6 Å². The van der Waals surface area contributed by atoms with Crippen molar-refractivity contribution in [2.75, 3.05) is 25.4 Å². The summed E-state index contributed by atoms with van der Waals surface area (Å²) in [4.78, 5) is 8.21. The molecule has 1 aromatic heterocycles. The highest BCUT2D eigenvalue weighted by atomic mass is 35.5. The minimum atomic E-state index is 0.0866. The average Bonchev–Trinajstić information content (AvgIpc) is 2.28. The Hall–Kier alpha value is -1.23. The molecular formula is C9H14ClN3O2. The average molecular weight is 232 g/mol. The van der Waals surface area contributed by atoms with Crippen LogP contribution in [0.25, 0.3) is 0 Å². The molecule has 0 fully saturated rings. The van der Waals surface area contributed by atoms with Crippen molar-refractivity contribution in [1.82, 2.24) is 9.97 Å². The van der Waals surface area contributed by atoms with Crippen LogP contribution in [-0.4, -0.2) is 36.1 Å². The van der Waals surface area contributed by atoms with E-state index in [0.717, 1.165) is 0 Å². The smallest absolute Gasteiger partial charge is 0.229 e. The van der Waals surface area contributed by atoms with Gasteiger partial charge in [0.25, 0.3) is 0 Å². The summed E-state index contributed by atoms with van der Waals surface area (Å²) in [6.07, 6.45) is 0. The van der Waals surface area contributed by atoms with Gasteiger partial charge in [0.2, 0.25) is 17.7 Å². The van der Waals surface area contributed by atoms with Crippen molar-refractivity contribution < 1.29 is 9.47 Å². The van der Waals surface area contributed by atoms with Gasteiger partial charge in [0, 0.05) is 11.9 Å². The number of alkyl halides is 1. The van der Waals surface area contributed by atoms with Gasteiger partial charge in [0.15, 0.2) is 0 Å². The van der Waals surface area contributed by atoms with Crippen LogP contribution in [0.2, 0.25) is 0 Å². The van der Waals surface area contributed by atoms with Crippen LogP contribution in [0, 0.1) is 0 Å². The lowest BCUT2D eigenvalue weighted by Crippen LogP contribution is -2.18. The highest BCUT2D eigenvalue weighted by molar-refractivity contribution is 6.18. The quantitative estimate of drug-likeness (QED) is 0.779. The fourth-order valence-electron chi connectivity index (χ4n) is 0.937. The van der Waals surface area contributed by atoms with Crippen molar-refractivity contribution in [3.05, 3.63) is 6.07 Å². The number of rotatable bonds is 5. The first-order valence-corrected chi connectivity index (χ1v) is 5.02. The van der Waals surface area contributed by atoms with Crippen LogP contribution in [0.5, 0.6) is 11.8 Å². The maximum Gasteiger partial charge on any atom is 0.229 e. The molecule has 0 aliphatic rings. The molecule has 0 bridgehead atoms. The van der Waals surface area contributed by atoms with E-state index in [0.29, 0.717) is 23.6 Å². The molecule has 1 atom stereocenters. The number of hydrogen-bond donors (Lipinski definition) is 1. The van der Waals surface area contributed by atoms with Crippen molar-refractivity contribution in [3.8, 4) is 11.8 Å². The molecule has 1 aromatic rings. The van der Waals surface area contributed by atoms with Gasteiger partial charge in [-0.15, -0.1) is 11.6 Å². The fourth-order valence-corrected chi connectivity index (χ4v) is 1.01. The number of anilines is 1. The third-order valence-electron chi connectivity index (χ3n) is 1.70. The van der Waals surface area contributed by atoms with Crippen molar-refractivity contribution in [2.45, 2.75) is 13.0 Å². The second-order valence-electron chi connectivity index (χ2n) is 2.98. The molecule has 0 aromatic carbocycles. The molecule has 84 valence electrons. The molecule has 0 aliphatic carbocycles. The lowest BCUT2D eigenvalue weighted by atomic mass is 10.4. The Morgan fingerprint density at radius 1 is 1.33 bits per heavy atom. The summed E-state index contributed by atoms with van der Waals surface area (Å²) in [7, 11) is 3.08. The van der Waals surface area contributed by atoms with Crippen LogP contribution in [0.1, 0.15) is 6.92 Å². The zero-order valence-corrected chi connectivity index (χ0v) is 9.71. The molecular weight excluding hydrogens is 218 g/mol. The first kappa shape index (κ1) is 11.8. The number of nitrogens with one attached hydrogen (secondary N) is 1. The van der Waals surface area contributed by atoms with Crippen molar-refractivity contribution in [2.24, 2.45) is 0 Å². The van der Waals surface area contributed by atoms with Gasteiger partial charge < -0.3 is 14.8 Å². The van der Waals surface area contributed by atoms with E-state index in [-0.39, 0.29) is 6.04 Å². The number of ether oxygens (including phenoxy) is 2. The largest absolute Gasteiger partial charge is 0.481 e. The first-order chi connectivity index (χ1) is 7.19. The summed E-state index contributed by atoms with van der Waals surface area (Å²) in [6.45, 7) is 1.93. The van der Waals surface area contributed by atoms with Crippen LogP contribution in [0.3, 0.4) is 0 Å². The number of nitrogens with zero attached hydrogens (tertiary/aromatic N) is 2. The Bertz CT molecular complexity index is 300. The standard InChI is InChI=1S/C9H14ClN3O2/c1-6(5-10)11-9-12-7(14-2)4-8(13-9)15-3/h4,6H,5H2,1-3H3,(H,11,12,13). The van der Waals surface area contributed by atoms with Gasteiger partial charge in [-0.05, 0) is 6.92 Å². The van der Waals surface area contributed by atoms with E-state index in [9.17, 15) is 0 Å². The molecule has 0 amide bonds. The van der Waals surface area contributed by atoms with E-state index >= 15 is 0 Å². The van der Waals surface area contributed by atoms with Crippen molar-refractivity contribution in [3.63, 3.8) is 0 Å². The van der Waals surface area contributed by atoms with Crippen LogP contribution in [-0.2, 0) is 0 Å². The maximum absolute atomic E-state index is 5.67. The van der Waals surface area contributed by atoms with Gasteiger partial charge >= 0.3 is 0 Å². The monoisotopic (exact) mass is 231 g/mol. The van der Waals surface area contributed by atoms with E-state index in [1.165, 1.54) is 14.2 Å². The summed E-state index contributed by atoms with van der Waals surface area (Å²) in [6, 6.07) is 1.69. The highest BCUT2D eigenvalue weighted by Gasteiger charge is 2.07. The molecule has 0 aliphatic heterocycles. The summed E-state index contributed by atoms with van der Waals surface area (Å²) in [5.74, 6) is 1.82. The number of halogens is 1. The molecule has 1 N–H and O–H groups in total. The minimum Gasteiger partial charge on any atom is -0.481 e. The first-order valence-electron chi connectivity index (χ1n) is 4.49. The molecule has 0 saturated carbocycles. The summed E-state index contributed by atoms with van der Waals surface area (Å²) in [5.41, 5.74) is 0. The van der Waals surface area contributed by atoms with E-state index in [4.69, 9.17) is 21.1 Å². The topological polar surface area (TPSA) is 56.3 Å². The van der Waals surface area contributed by atoms with Gasteiger partial charge in [-0.1, -0.05) is 0 Å². The molecule has 0 saturated heterocycles. The molecule has 1 heterocycles. The highest BCUT2D eigenvalue weighted by Crippen LogP contribution is 2.17. The molecule has 0 radical (unpaired) electrons. The second-order valence-corrected chi connectivity index (χ2v) is 3.28.